The summed E-state index contributed by atoms with van der Waals surface area (Å²) in [5, 5.41) is 2.39. The fourth-order valence-electron chi connectivity index (χ4n) is 3.73. The largest absolute Gasteiger partial charge is 0.299 e. The average molecular weight is 464 g/mol. The molecule has 1 heterocycles. The van der Waals surface area contributed by atoms with Gasteiger partial charge < -0.3 is 0 Å². The first-order valence-electron chi connectivity index (χ1n) is 10.4. The van der Waals surface area contributed by atoms with Crippen molar-refractivity contribution in [1.29, 1.82) is 0 Å². The van der Waals surface area contributed by atoms with Crippen LogP contribution in [0.2, 0.25) is 0 Å². The van der Waals surface area contributed by atoms with Gasteiger partial charge in [-0.2, -0.15) is 17.4 Å². The maximum Gasteiger partial charge on any atom is 0.279 e. The van der Waals surface area contributed by atoms with Crippen molar-refractivity contribution in [2.75, 3.05) is 14.1 Å². The van der Waals surface area contributed by atoms with E-state index < -0.39 is 10.2 Å². The minimum absolute atomic E-state index is 0.0147. The molecule has 9 heteroatoms. The monoisotopic (exact) mass is 463 g/mol. The highest BCUT2D eigenvalue weighted by Crippen LogP contribution is 2.29. The first kappa shape index (κ1) is 23.7. The smallest absolute Gasteiger partial charge is 0.279 e. The number of rotatable bonds is 10. The fourth-order valence-corrected chi connectivity index (χ4v) is 5.14. The van der Waals surface area contributed by atoms with Crippen molar-refractivity contribution in [1.82, 2.24) is 14.0 Å². The Bertz CT molecular complexity index is 1050. The third-order valence-electron chi connectivity index (χ3n) is 5.51. The van der Waals surface area contributed by atoms with Gasteiger partial charge in [0.15, 0.2) is 5.78 Å². The zero-order valence-corrected chi connectivity index (χ0v) is 19.8. The first-order chi connectivity index (χ1) is 14.7. The number of hydrogen-bond acceptors (Lipinski definition) is 6. The minimum atomic E-state index is -3.53. The van der Waals surface area contributed by atoms with E-state index in [9.17, 15) is 18.0 Å². The van der Waals surface area contributed by atoms with E-state index in [-0.39, 0.29) is 36.9 Å². The van der Waals surface area contributed by atoms with E-state index in [1.807, 2.05) is 25.1 Å². The molecule has 3 rings (SSSR count). The molecule has 0 unspecified atom stereocenters. The number of ketones is 2. The zero-order chi connectivity index (χ0) is 22.6. The topological polar surface area (TPSA) is 96.4 Å². The Kier molecular flexibility index (Phi) is 7.74. The number of nitrogens with one attached hydrogen (secondary N) is 1. The van der Waals surface area contributed by atoms with Crippen LogP contribution < -0.4 is 4.72 Å². The summed E-state index contributed by atoms with van der Waals surface area (Å²) < 4.78 is 27.2. The summed E-state index contributed by atoms with van der Waals surface area (Å²) in [6, 6.07) is 5.73. The molecule has 0 aliphatic heterocycles. The van der Waals surface area contributed by atoms with Crippen molar-refractivity contribution in [2.45, 2.75) is 52.0 Å². The molecule has 0 spiro atoms. The predicted molar refractivity (Wildman–Crippen MR) is 121 cm³/mol. The van der Waals surface area contributed by atoms with Gasteiger partial charge in [0, 0.05) is 37.4 Å². The summed E-state index contributed by atoms with van der Waals surface area (Å²) in [6.07, 6.45) is 4.40. The number of benzene rings is 1. The number of aromatic nitrogens is 1. The van der Waals surface area contributed by atoms with Gasteiger partial charge in [0.05, 0.1) is 18.7 Å². The van der Waals surface area contributed by atoms with E-state index in [2.05, 4.69) is 9.71 Å². The van der Waals surface area contributed by atoms with Crippen LogP contribution in [0.4, 0.5) is 0 Å². The van der Waals surface area contributed by atoms with Crippen LogP contribution in [0.5, 0.6) is 0 Å². The maximum atomic E-state index is 13.0. The lowest BCUT2D eigenvalue weighted by Crippen LogP contribution is -2.35. The van der Waals surface area contributed by atoms with E-state index >= 15 is 0 Å². The Labute approximate surface area is 188 Å². The summed E-state index contributed by atoms with van der Waals surface area (Å²) in [5.41, 5.74) is 3.05. The third-order valence-corrected chi connectivity index (χ3v) is 7.88. The van der Waals surface area contributed by atoms with Crippen LogP contribution in [0.3, 0.4) is 0 Å². The number of thiazole rings is 1. The van der Waals surface area contributed by atoms with Crippen LogP contribution in [-0.4, -0.2) is 43.4 Å². The van der Waals surface area contributed by atoms with Crippen molar-refractivity contribution in [3.05, 3.63) is 51.0 Å². The molecule has 31 heavy (non-hydrogen) atoms. The molecule has 1 aliphatic carbocycles. The van der Waals surface area contributed by atoms with Crippen molar-refractivity contribution in [3.63, 3.8) is 0 Å². The number of hydrogen-bond donors (Lipinski definition) is 1. The zero-order valence-electron chi connectivity index (χ0n) is 18.2. The Morgan fingerprint density at radius 2 is 1.90 bits per heavy atom. The third kappa shape index (κ3) is 6.29. The number of Topliss-reactive ketones (excluding diaryl/α,β-unsaturated/α-hetero) is 2. The SMILES string of the molecule is Cc1ccc(CC(=O)Cc2nc(CNS(=O)(=O)N(C)C)cs2)c(C(=O)C2CCCC2)c1. The van der Waals surface area contributed by atoms with E-state index in [0.717, 1.165) is 41.1 Å². The van der Waals surface area contributed by atoms with Crippen LogP contribution in [0, 0.1) is 12.8 Å². The molecule has 1 aliphatic rings. The molecule has 7 nitrogen and oxygen atoms in total. The molecule has 1 N–H and O–H groups in total. The van der Waals surface area contributed by atoms with Gasteiger partial charge in [-0.1, -0.05) is 30.5 Å². The van der Waals surface area contributed by atoms with Crippen molar-refractivity contribution < 1.29 is 18.0 Å². The lowest BCUT2D eigenvalue weighted by Gasteiger charge is -2.13. The molecular formula is C22H29N3O4S2. The second-order valence-corrected chi connectivity index (χ2v) is 11.2. The summed E-state index contributed by atoms with van der Waals surface area (Å²) >= 11 is 1.33. The summed E-state index contributed by atoms with van der Waals surface area (Å²) in [5.74, 6) is 0.218. The normalized spacial score (nSPS) is 15.0. The molecule has 2 aromatic rings. The van der Waals surface area contributed by atoms with Crippen molar-refractivity contribution >= 4 is 33.1 Å². The van der Waals surface area contributed by atoms with Gasteiger partial charge in [0.1, 0.15) is 10.8 Å². The number of carbonyl (C=O) groups is 2. The van der Waals surface area contributed by atoms with Gasteiger partial charge in [0.25, 0.3) is 10.2 Å². The Balaban J connectivity index is 1.64. The standard InChI is InChI=1S/C22H29N3O4S2/c1-15-8-9-17(20(10-15)22(27)16-6-4-5-7-16)11-19(26)12-21-24-18(14-30-21)13-23-31(28,29)25(2)3/h8-10,14,16,23H,4-7,11-13H2,1-3H3. The highest BCUT2D eigenvalue weighted by molar-refractivity contribution is 7.87. The van der Waals surface area contributed by atoms with Crippen LogP contribution in [0.1, 0.15) is 57.9 Å². The van der Waals surface area contributed by atoms with Gasteiger partial charge in [0.2, 0.25) is 0 Å². The van der Waals surface area contributed by atoms with Crippen molar-refractivity contribution in [3.8, 4) is 0 Å². The van der Waals surface area contributed by atoms with Crippen LogP contribution in [-0.2, 0) is 34.4 Å². The van der Waals surface area contributed by atoms with Gasteiger partial charge >= 0.3 is 0 Å². The molecule has 0 bridgehead atoms. The van der Waals surface area contributed by atoms with Gasteiger partial charge in [-0.15, -0.1) is 11.3 Å². The number of aryl methyl sites for hydroxylation is 1. The molecule has 1 aromatic carbocycles. The van der Waals surface area contributed by atoms with E-state index in [1.54, 1.807) is 5.38 Å². The molecule has 0 saturated heterocycles. The minimum Gasteiger partial charge on any atom is -0.299 e. The van der Waals surface area contributed by atoms with E-state index in [1.165, 1.54) is 25.4 Å². The van der Waals surface area contributed by atoms with Crippen LogP contribution >= 0.6 is 11.3 Å². The highest BCUT2D eigenvalue weighted by atomic mass is 32.2. The maximum absolute atomic E-state index is 13.0. The molecule has 1 aromatic heterocycles. The lowest BCUT2D eigenvalue weighted by molar-refractivity contribution is -0.117. The summed E-state index contributed by atoms with van der Waals surface area (Å²) in [7, 11) is -0.628. The average Bonchev–Trinajstić information content (AvgIpc) is 3.39. The Morgan fingerprint density at radius 1 is 1.19 bits per heavy atom. The molecule has 0 atom stereocenters. The molecular weight excluding hydrogens is 434 g/mol. The van der Waals surface area contributed by atoms with Crippen LogP contribution in [0.15, 0.2) is 23.6 Å². The molecule has 1 fully saturated rings. The Hall–Kier alpha value is -1.94. The summed E-state index contributed by atoms with van der Waals surface area (Å²) in [6.45, 7) is 2.03. The van der Waals surface area contributed by atoms with Gasteiger partial charge in [-0.05, 0) is 31.4 Å². The second-order valence-electron chi connectivity index (χ2n) is 8.24. The quantitative estimate of drug-likeness (QED) is 0.546. The number of carbonyl (C=O) groups excluding carboxylic acids is 2. The van der Waals surface area contributed by atoms with Crippen molar-refractivity contribution in [2.24, 2.45) is 5.92 Å². The molecule has 0 amide bonds. The Morgan fingerprint density at radius 3 is 2.58 bits per heavy atom. The van der Waals surface area contributed by atoms with Gasteiger partial charge in [-0.25, -0.2) is 4.98 Å². The van der Waals surface area contributed by atoms with Crippen LogP contribution in [0.25, 0.3) is 0 Å². The number of nitrogens with zero attached hydrogens (tertiary/aromatic N) is 2. The molecule has 1 saturated carbocycles. The predicted octanol–water partition coefficient (Wildman–Crippen LogP) is 3.07. The molecule has 168 valence electrons. The van der Waals surface area contributed by atoms with E-state index in [0.29, 0.717) is 16.3 Å². The lowest BCUT2D eigenvalue weighted by atomic mass is 9.90. The highest BCUT2D eigenvalue weighted by Gasteiger charge is 2.26. The summed E-state index contributed by atoms with van der Waals surface area (Å²) in [4.78, 5) is 30.1. The van der Waals surface area contributed by atoms with Gasteiger partial charge in [-0.3, -0.25) is 9.59 Å². The fraction of sp³-hybridized carbons (Fsp3) is 0.500. The first-order valence-corrected chi connectivity index (χ1v) is 12.7. The van der Waals surface area contributed by atoms with E-state index in [4.69, 9.17) is 0 Å². The second kappa shape index (κ2) is 10.1. The molecule has 0 radical (unpaired) electrons.